The van der Waals surface area contributed by atoms with Crippen LogP contribution < -0.4 is 4.74 Å². The molecule has 1 spiro atoms. The summed E-state index contributed by atoms with van der Waals surface area (Å²) < 4.78 is 7.48. The molecule has 5 nitrogen and oxygen atoms in total. The van der Waals surface area contributed by atoms with Gasteiger partial charge in [-0.05, 0) is 56.6 Å². The minimum atomic E-state index is -0.715. The predicted octanol–water partition coefficient (Wildman–Crippen LogP) is 14.9. The third-order valence-electron chi connectivity index (χ3n) is 13.3. The second-order valence-corrected chi connectivity index (χ2v) is 16.9. The van der Waals surface area contributed by atoms with Gasteiger partial charge in [0.05, 0.1) is 16.5 Å². The molecule has 0 bridgehead atoms. The summed E-state index contributed by atoms with van der Waals surface area (Å²) >= 11 is 0. The van der Waals surface area contributed by atoms with Crippen LogP contribution in [0.4, 0.5) is 0 Å². The summed E-state index contributed by atoms with van der Waals surface area (Å²) in [7, 11) is 0. The largest absolute Gasteiger partial charge is 0.455 e. The number of para-hydroxylation sites is 3. The van der Waals surface area contributed by atoms with Crippen molar-refractivity contribution in [2.75, 3.05) is 0 Å². The Kier molecular flexibility index (Phi) is 8.68. The summed E-state index contributed by atoms with van der Waals surface area (Å²) in [5.74, 6) is 3.18. The van der Waals surface area contributed by atoms with Gasteiger partial charge in [0, 0.05) is 45.0 Å². The summed E-state index contributed by atoms with van der Waals surface area (Å²) in [4.78, 5) is 20.6. The van der Waals surface area contributed by atoms with Gasteiger partial charge in [-0.15, -0.1) is 0 Å². The quantitative estimate of drug-likeness (QED) is 0.167. The van der Waals surface area contributed by atoms with E-state index in [4.69, 9.17) is 24.7 Å². The maximum Gasteiger partial charge on any atom is 0.167 e. The van der Waals surface area contributed by atoms with Crippen molar-refractivity contribution in [2.24, 2.45) is 0 Å². The third kappa shape index (κ3) is 5.87. The van der Waals surface area contributed by atoms with Crippen LogP contribution in [-0.4, -0.2) is 19.9 Å². The van der Waals surface area contributed by atoms with E-state index in [1.165, 1.54) is 33.4 Å². The molecule has 0 fully saturated rings. The number of nitrogens with zero attached hydrogens (tertiary/aromatic N) is 4. The van der Waals surface area contributed by atoms with Crippen molar-refractivity contribution in [1.82, 2.24) is 19.9 Å². The number of hydrogen-bond acceptors (Lipinski definition) is 5. The third-order valence-corrected chi connectivity index (χ3v) is 13.3. The minimum Gasteiger partial charge on any atom is -0.455 e. The maximum absolute atomic E-state index is 7.48. The second kappa shape index (κ2) is 15.2. The van der Waals surface area contributed by atoms with E-state index in [2.05, 4.69) is 182 Å². The molecule has 0 saturated heterocycles. The van der Waals surface area contributed by atoms with Crippen LogP contribution in [0.15, 0.2) is 231 Å². The highest BCUT2D eigenvalue weighted by molar-refractivity contribution is 5.98. The lowest BCUT2D eigenvalue weighted by Crippen LogP contribution is -2.32. The molecular weight excluding hydrogens is 805 g/mol. The lowest BCUT2D eigenvalue weighted by Gasteiger charge is -2.40. The molecule has 0 saturated carbocycles. The Hall–Kier alpha value is -8.80. The van der Waals surface area contributed by atoms with Crippen molar-refractivity contribution in [3.63, 3.8) is 0 Å². The number of rotatable bonds is 6. The molecule has 2 aromatic heterocycles. The average Bonchev–Trinajstić information content (AvgIpc) is 3.69. The zero-order valence-corrected chi connectivity index (χ0v) is 35.6. The number of benzene rings is 9. The molecule has 66 heavy (non-hydrogen) atoms. The summed E-state index contributed by atoms with van der Waals surface area (Å²) in [6.07, 6.45) is 1.86. The fourth-order valence-electron chi connectivity index (χ4n) is 10.3. The van der Waals surface area contributed by atoms with Crippen LogP contribution in [-0.2, 0) is 5.41 Å². The van der Waals surface area contributed by atoms with Gasteiger partial charge in [0.15, 0.2) is 17.5 Å². The molecule has 3 heterocycles. The van der Waals surface area contributed by atoms with Gasteiger partial charge in [-0.25, -0.2) is 15.0 Å². The number of fused-ring (bicyclic) bond motifs is 10. The molecule has 0 unspecified atom stereocenters. The normalized spacial score (nSPS) is 12.8. The van der Waals surface area contributed by atoms with E-state index in [1.807, 2.05) is 48.7 Å². The van der Waals surface area contributed by atoms with Crippen LogP contribution in [0.25, 0.3) is 89.6 Å². The summed E-state index contributed by atoms with van der Waals surface area (Å²) in [5, 5.41) is 1.07. The zero-order valence-electron chi connectivity index (χ0n) is 35.6. The van der Waals surface area contributed by atoms with Crippen LogP contribution >= 0.6 is 0 Å². The molecule has 308 valence electrons. The Bertz CT molecular complexity index is 3610. The SMILES string of the molecule is c1ccc(-c2ccc(-c3ccc(-c4nc(-c5ccccc5)nc(-c5cccc6c5Oc5c(-c7cccc8cccnc78)cccc5C65c6ccccc6-c6ccccc65)n4)cc3)cc2)cc1. The van der Waals surface area contributed by atoms with Gasteiger partial charge in [-0.1, -0.05) is 212 Å². The summed E-state index contributed by atoms with van der Waals surface area (Å²) in [6.45, 7) is 0. The first-order chi connectivity index (χ1) is 32.7. The molecule has 5 heteroatoms. The fraction of sp³-hybridized carbons (Fsp3) is 0.0164. The number of ether oxygens (including phenoxy) is 1. The lowest BCUT2D eigenvalue weighted by atomic mass is 9.65. The van der Waals surface area contributed by atoms with E-state index in [-0.39, 0.29) is 0 Å². The second-order valence-electron chi connectivity index (χ2n) is 16.9. The van der Waals surface area contributed by atoms with E-state index in [1.54, 1.807) is 0 Å². The Morgan fingerprint density at radius 2 is 0.697 bits per heavy atom. The van der Waals surface area contributed by atoms with E-state index in [0.717, 1.165) is 66.7 Å². The molecular formula is C61H38N4O. The highest BCUT2D eigenvalue weighted by atomic mass is 16.5. The minimum absolute atomic E-state index is 0.527. The van der Waals surface area contributed by atoms with Crippen molar-refractivity contribution < 1.29 is 4.74 Å². The van der Waals surface area contributed by atoms with Gasteiger partial charge in [-0.3, -0.25) is 4.98 Å². The average molecular weight is 843 g/mol. The van der Waals surface area contributed by atoms with Crippen LogP contribution in [0.1, 0.15) is 22.3 Å². The van der Waals surface area contributed by atoms with Crippen molar-refractivity contribution in [3.05, 3.63) is 253 Å². The molecule has 0 amide bonds. The highest BCUT2D eigenvalue weighted by Gasteiger charge is 2.52. The van der Waals surface area contributed by atoms with Crippen molar-refractivity contribution in [3.8, 4) is 90.2 Å². The van der Waals surface area contributed by atoms with Crippen molar-refractivity contribution >= 4 is 10.9 Å². The van der Waals surface area contributed by atoms with Gasteiger partial charge in [0.2, 0.25) is 0 Å². The van der Waals surface area contributed by atoms with E-state index >= 15 is 0 Å². The molecule has 1 aliphatic carbocycles. The number of hydrogen-bond donors (Lipinski definition) is 0. The van der Waals surface area contributed by atoms with E-state index < -0.39 is 5.41 Å². The highest BCUT2D eigenvalue weighted by Crippen LogP contribution is 2.64. The van der Waals surface area contributed by atoms with Crippen LogP contribution in [0.3, 0.4) is 0 Å². The molecule has 11 aromatic rings. The standard InChI is InChI=1S/C61H38N4O/c1-3-15-39(16-4-1)40-30-32-41(33-31-40)42-34-36-45(37-35-42)59-63-58(44-17-5-2-6-18-44)64-60(65-59)50-25-13-29-54-57(50)66-56-49(48-23-11-19-43-20-14-38-62-55(43)48)24-12-28-53(56)61(54)51-26-9-7-21-46(51)47-22-8-10-27-52(47)61/h1-38H. The Morgan fingerprint density at radius 1 is 0.288 bits per heavy atom. The van der Waals surface area contributed by atoms with Gasteiger partial charge in [-0.2, -0.15) is 0 Å². The van der Waals surface area contributed by atoms with Gasteiger partial charge < -0.3 is 4.74 Å². The first-order valence-electron chi connectivity index (χ1n) is 22.3. The molecule has 0 radical (unpaired) electrons. The zero-order chi connectivity index (χ0) is 43.6. The monoisotopic (exact) mass is 842 g/mol. The smallest absolute Gasteiger partial charge is 0.167 e. The molecule has 13 rings (SSSR count). The topological polar surface area (TPSA) is 60.8 Å². The fourth-order valence-corrected chi connectivity index (χ4v) is 10.3. The molecule has 1 aliphatic heterocycles. The molecule has 9 aromatic carbocycles. The lowest BCUT2D eigenvalue weighted by molar-refractivity contribution is 0.439. The molecule has 0 N–H and O–H groups in total. The van der Waals surface area contributed by atoms with Gasteiger partial charge in [0.1, 0.15) is 11.5 Å². The van der Waals surface area contributed by atoms with E-state index in [9.17, 15) is 0 Å². The van der Waals surface area contributed by atoms with Crippen molar-refractivity contribution in [2.45, 2.75) is 5.41 Å². The first kappa shape index (κ1) is 37.7. The Morgan fingerprint density at radius 3 is 1.32 bits per heavy atom. The predicted molar refractivity (Wildman–Crippen MR) is 265 cm³/mol. The first-order valence-corrected chi connectivity index (χ1v) is 22.3. The maximum atomic E-state index is 7.48. The van der Waals surface area contributed by atoms with Crippen molar-refractivity contribution in [1.29, 1.82) is 0 Å². The van der Waals surface area contributed by atoms with Crippen LogP contribution in [0.5, 0.6) is 11.5 Å². The number of pyridine rings is 1. The van der Waals surface area contributed by atoms with Gasteiger partial charge in [0.25, 0.3) is 0 Å². The van der Waals surface area contributed by atoms with Crippen LogP contribution in [0, 0.1) is 0 Å². The summed E-state index contributed by atoms with van der Waals surface area (Å²) in [6, 6.07) is 78.9. The van der Waals surface area contributed by atoms with Gasteiger partial charge >= 0.3 is 0 Å². The van der Waals surface area contributed by atoms with E-state index in [0.29, 0.717) is 23.2 Å². The Labute approximate surface area is 382 Å². The summed E-state index contributed by atoms with van der Waals surface area (Å²) in [5.41, 5.74) is 16.3. The number of aromatic nitrogens is 4. The molecule has 2 aliphatic rings. The molecule has 0 atom stereocenters. The Balaban J connectivity index is 1.01. The van der Waals surface area contributed by atoms with Crippen LogP contribution in [0.2, 0.25) is 0 Å².